The maximum atomic E-state index is 11.8. The van der Waals surface area contributed by atoms with Gasteiger partial charge in [0.2, 0.25) is 5.91 Å². The number of benzene rings is 1. The number of carbonyl (C=O) groups excluding carboxylic acids is 3. The molecule has 3 N–H and O–H groups in total. The summed E-state index contributed by atoms with van der Waals surface area (Å²) in [4.78, 5) is 33.6. The molecule has 1 rings (SSSR count). The summed E-state index contributed by atoms with van der Waals surface area (Å²) in [5, 5.41) is 18.3. The molecule has 7 nitrogen and oxygen atoms in total. The van der Waals surface area contributed by atoms with E-state index in [0.29, 0.717) is 11.4 Å². The fraction of sp³-hybridized carbons (Fsp3) is 0.357. The standard InChI is InChI=1S/C14H19N3O4/c1-8(2)12(13(19)20)17-14(21)16-11-6-4-5-10(7-11)15-9(3)18/h4-8,12H,1-3H3,(H,15,18)(H,19,20)(H2,16,17,21)/p-1/t12-/m0/s1. The number of hydrogen-bond donors (Lipinski definition) is 3. The third-order valence-electron chi connectivity index (χ3n) is 2.65. The molecule has 0 radical (unpaired) electrons. The van der Waals surface area contributed by atoms with Gasteiger partial charge in [0.15, 0.2) is 0 Å². The highest BCUT2D eigenvalue weighted by atomic mass is 16.4. The van der Waals surface area contributed by atoms with Crippen LogP contribution in [0.2, 0.25) is 0 Å². The monoisotopic (exact) mass is 292 g/mol. The van der Waals surface area contributed by atoms with Gasteiger partial charge in [0, 0.05) is 18.3 Å². The first-order chi connectivity index (χ1) is 9.79. The Labute approximate surface area is 122 Å². The van der Waals surface area contributed by atoms with E-state index in [2.05, 4.69) is 16.0 Å². The molecule has 0 bridgehead atoms. The summed E-state index contributed by atoms with van der Waals surface area (Å²) in [5.74, 6) is -1.87. The van der Waals surface area contributed by atoms with Crippen molar-refractivity contribution in [3.63, 3.8) is 0 Å². The van der Waals surface area contributed by atoms with Crippen molar-refractivity contribution in [2.24, 2.45) is 5.92 Å². The zero-order chi connectivity index (χ0) is 16.0. The first-order valence-corrected chi connectivity index (χ1v) is 6.45. The summed E-state index contributed by atoms with van der Waals surface area (Å²) >= 11 is 0. The van der Waals surface area contributed by atoms with Gasteiger partial charge in [-0.1, -0.05) is 19.9 Å². The van der Waals surface area contributed by atoms with Crippen LogP contribution in [0.3, 0.4) is 0 Å². The second kappa shape index (κ2) is 7.28. The highest BCUT2D eigenvalue weighted by Crippen LogP contribution is 2.15. The number of nitrogens with one attached hydrogen (secondary N) is 3. The molecule has 0 aliphatic heterocycles. The average Bonchev–Trinajstić information content (AvgIpc) is 2.34. The van der Waals surface area contributed by atoms with Gasteiger partial charge in [-0.15, -0.1) is 0 Å². The number of aliphatic carboxylic acids is 1. The Morgan fingerprint density at radius 2 is 1.67 bits per heavy atom. The predicted octanol–water partition coefficient (Wildman–Crippen LogP) is 0.541. The minimum absolute atomic E-state index is 0.228. The van der Waals surface area contributed by atoms with Gasteiger partial charge in [0.05, 0.1) is 12.0 Å². The third kappa shape index (κ3) is 5.52. The number of carboxylic acid groups (broad SMARTS) is 1. The first kappa shape index (κ1) is 16.5. The van der Waals surface area contributed by atoms with Crippen LogP contribution < -0.4 is 21.1 Å². The molecular formula is C14H18N3O4-. The molecule has 21 heavy (non-hydrogen) atoms. The van der Waals surface area contributed by atoms with Crippen molar-refractivity contribution in [1.29, 1.82) is 0 Å². The van der Waals surface area contributed by atoms with Crippen LogP contribution in [-0.4, -0.2) is 23.9 Å². The van der Waals surface area contributed by atoms with Gasteiger partial charge in [-0.25, -0.2) is 4.79 Å². The van der Waals surface area contributed by atoms with Crippen LogP contribution in [0.5, 0.6) is 0 Å². The molecule has 0 aliphatic carbocycles. The SMILES string of the molecule is CC(=O)Nc1cccc(NC(=O)N[C@H](C(=O)[O-])C(C)C)c1. The molecule has 0 saturated heterocycles. The van der Waals surface area contributed by atoms with Gasteiger partial charge < -0.3 is 25.9 Å². The second-order valence-electron chi connectivity index (χ2n) is 4.90. The number of carboxylic acids is 1. The second-order valence-corrected chi connectivity index (χ2v) is 4.90. The van der Waals surface area contributed by atoms with Crippen molar-refractivity contribution >= 4 is 29.3 Å². The molecule has 0 spiro atoms. The van der Waals surface area contributed by atoms with Crippen LogP contribution in [0.25, 0.3) is 0 Å². The molecule has 1 aromatic carbocycles. The third-order valence-corrected chi connectivity index (χ3v) is 2.65. The number of amides is 3. The fourth-order valence-corrected chi connectivity index (χ4v) is 1.68. The Hall–Kier alpha value is -2.57. The largest absolute Gasteiger partial charge is 0.548 e. The smallest absolute Gasteiger partial charge is 0.319 e. The lowest BCUT2D eigenvalue weighted by molar-refractivity contribution is -0.309. The Kier molecular flexibility index (Phi) is 5.71. The molecule has 0 aromatic heterocycles. The maximum absolute atomic E-state index is 11.8. The molecule has 0 saturated carbocycles. The van der Waals surface area contributed by atoms with Crippen LogP contribution in [0, 0.1) is 5.92 Å². The molecule has 0 heterocycles. The molecule has 3 amide bonds. The van der Waals surface area contributed by atoms with Crippen molar-refractivity contribution in [2.45, 2.75) is 26.8 Å². The molecule has 1 atom stereocenters. The Morgan fingerprint density at radius 3 is 2.14 bits per heavy atom. The van der Waals surface area contributed by atoms with Crippen LogP contribution in [-0.2, 0) is 9.59 Å². The van der Waals surface area contributed by atoms with Crippen molar-refractivity contribution in [2.75, 3.05) is 10.6 Å². The number of anilines is 2. The normalized spacial score (nSPS) is 11.6. The van der Waals surface area contributed by atoms with Gasteiger partial charge in [-0.3, -0.25) is 4.79 Å². The van der Waals surface area contributed by atoms with Crippen LogP contribution in [0.15, 0.2) is 24.3 Å². The van der Waals surface area contributed by atoms with E-state index in [-0.39, 0.29) is 11.8 Å². The zero-order valence-corrected chi connectivity index (χ0v) is 12.1. The summed E-state index contributed by atoms with van der Waals surface area (Å²) in [5.41, 5.74) is 0.959. The fourth-order valence-electron chi connectivity index (χ4n) is 1.68. The van der Waals surface area contributed by atoms with Crippen molar-refractivity contribution in [3.8, 4) is 0 Å². The molecule has 7 heteroatoms. The van der Waals surface area contributed by atoms with Gasteiger partial charge in [-0.05, 0) is 24.1 Å². The van der Waals surface area contributed by atoms with E-state index in [1.165, 1.54) is 6.92 Å². The zero-order valence-electron chi connectivity index (χ0n) is 12.1. The Bertz CT molecular complexity index is 543. The van der Waals surface area contributed by atoms with Crippen LogP contribution >= 0.6 is 0 Å². The van der Waals surface area contributed by atoms with Gasteiger partial charge in [0.1, 0.15) is 0 Å². The summed E-state index contributed by atoms with van der Waals surface area (Å²) in [6.45, 7) is 4.70. The minimum atomic E-state index is -1.34. The number of carbonyl (C=O) groups is 3. The molecule has 0 aliphatic rings. The van der Waals surface area contributed by atoms with Crippen molar-refractivity contribution in [3.05, 3.63) is 24.3 Å². The van der Waals surface area contributed by atoms with Crippen molar-refractivity contribution in [1.82, 2.24) is 5.32 Å². The summed E-state index contributed by atoms with van der Waals surface area (Å²) in [6.07, 6.45) is 0. The van der Waals surface area contributed by atoms with E-state index in [9.17, 15) is 19.5 Å². The Morgan fingerprint density at radius 1 is 1.10 bits per heavy atom. The maximum Gasteiger partial charge on any atom is 0.319 e. The summed E-state index contributed by atoms with van der Waals surface area (Å²) < 4.78 is 0. The first-order valence-electron chi connectivity index (χ1n) is 6.45. The molecule has 0 unspecified atom stereocenters. The van der Waals surface area contributed by atoms with E-state index in [4.69, 9.17) is 0 Å². The highest BCUT2D eigenvalue weighted by molar-refractivity contribution is 5.94. The van der Waals surface area contributed by atoms with Gasteiger partial charge in [0.25, 0.3) is 0 Å². The van der Waals surface area contributed by atoms with Crippen LogP contribution in [0.4, 0.5) is 16.2 Å². The lowest BCUT2D eigenvalue weighted by Crippen LogP contribution is -2.51. The van der Waals surface area contributed by atoms with Gasteiger partial charge >= 0.3 is 6.03 Å². The Balaban J connectivity index is 2.70. The van der Waals surface area contributed by atoms with E-state index < -0.39 is 18.0 Å². The van der Waals surface area contributed by atoms with E-state index in [1.54, 1.807) is 38.1 Å². The lowest BCUT2D eigenvalue weighted by Gasteiger charge is -2.23. The van der Waals surface area contributed by atoms with Crippen LogP contribution in [0.1, 0.15) is 20.8 Å². The van der Waals surface area contributed by atoms with Crippen molar-refractivity contribution < 1.29 is 19.5 Å². The van der Waals surface area contributed by atoms with E-state index in [0.717, 1.165) is 0 Å². The summed E-state index contributed by atoms with van der Waals surface area (Å²) in [7, 11) is 0. The predicted molar refractivity (Wildman–Crippen MR) is 76.5 cm³/mol. The average molecular weight is 292 g/mol. The molecule has 114 valence electrons. The number of rotatable bonds is 5. The molecule has 0 fully saturated rings. The molecular weight excluding hydrogens is 274 g/mol. The summed E-state index contributed by atoms with van der Waals surface area (Å²) in [6, 6.07) is 4.77. The number of urea groups is 1. The number of hydrogen-bond acceptors (Lipinski definition) is 4. The van der Waals surface area contributed by atoms with E-state index in [1.807, 2.05) is 0 Å². The van der Waals surface area contributed by atoms with Gasteiger partial charge in [-0.2, -0.15) is 0 Å². The topological polar surface area (TPSA) is 110 Å². The lowest BCUT2D eigenvalue weighted by atomic mass is 10.1. The highest BCUT2D eigenvalue weighted by Gasteiger charge is 2.17. The quantitative estimate of drug-likeness (QED) is 0.735. The minimum Gasteiger partial charge on any atom is -0.548 e. The van der Waals surface area contributed by atoms with E-state index >= 15 is 0 Å². The molecule has 1 aromatic rings.